The van der Waals surface area contributed by atoms with Gasteiger partial charge in [-0.15, -0.1) is 0 Å². The maximum Gasteiger partial charge on any atom is 0.254 e. The third-order valence-corrected chi connectivity index (χ3v) is 5.11. The Kier molecular flexibility index (Phi) is 6.93. The van der Waals surface area contributed by atoms with Gasteiger partial charge >= 0.3 is 0 Å². The molecule has 2 aromatic rings. The lowest BCUT2D eigenvalue weighted by atomic mass is 10.1. The molecule has 0 bridgehead atoms. The predicted octanol–water partition coefficient (Wildman–Crippen LogP) is 4.68. The Hall–Kier alpha value is -2.53. The summed E-state index contributed by atoms with van der Waals surface area (Å²) in [5, 5.41) is 3.58. The first-order valence-electron chi connectivity index (χ1n) is 9.62. The van der Waals surface area contributed by atoms with Gasteiger partial charge in [0.1, 0.15) is 5.75 Å². The molecule has 0 spiro atoms. The second kappa shape index (κ2) is 9.60. The van der Waals surface area contributed by atoms with Gasteiger partial charge in [-0.1, -0.05) is 17.7 Å². The highest BCUT2D eigenvalue weighted by Crippen LogP contribution is 2.22. The quantitative estimate of drug-likeness (QED) is 0.686. The number of carbonyl (C=O) groups is 2. The van der Waals surface area contributed by atoms with Crippen molar-refractivity contribution in [3.05, 3.63) is 58.6 Å². The molecular weight excluding hydrogens is 376 g/mol. The minimum Gasteiger partial charge on any atom is -0.494 e. The number of likely N-dealkylation sites (tertiary alicyclic amines) is 1. The van der Waals surface area contributed by atoms with Crippen LogP contribution in [0.1, 0.15) is 41.6 Å². The van der Waals surface area contributed by atoms with Gasteiger partial charge in [0.2, 0.25) is 5.91 Å². The highest BCUT2D eigenvalue weighted by Gasteiger charge is 2.21. The van der Waals surface area contributed by atoms with Crippen LogP contribution in [0.5, 0.6) is 5.75 Å². The molecular formula is C22H25ClN2O3. The van der Waals surface area contributed by atoms with Gasteiger partial charge in [-0.05, 0) is 68.1 Å². The van der Waals surface area contributed by atoms with Crippen LogP contribution in [0.15, 0.2) is 42.5 Å². The molecule has 0 aromatic heterocycles. The summed E-state index contributed by atoms with van der Waals surface area (Å²) in [6, 6.07) is 12.6. The summed E-state index contributed by atoms with van der Waals surface area (Å²) in [6.07, 6.45) is 3.05. The minimum atomic E-state index is -0.0893. The van der Waals surface area contributed by atoms with Gasteiger partial charge < -0.3 is 15.0 Å². The lowest BCUT2D eigenvalue weighted by molar-refractivity contribution is -0.116. The fraction of sp³-hybridized carbons (Fsp3) is 0.364. The second-order valence-electron chi connectivity index (χ2n) is 6.93. The fourth-order valence-electron chi connectivity index (χ4n) is 3.26. The zero-order valence-corrected chi connectivity index (χ0v) is 16.8. The molecule has 5 nitrogen and oxygen atoms in total. The molecule has 0 unspecified atom stereocenters. The molecule has 0 radical (unpaired) electrons. The first-order chi connectivity index (χ1) is 13.5. The molecule has 1 N–H and O–H groups in total. The fourth-order valence-corrected chi connectivity index (χ4v) is 3.39. The number of benzene rings is 2. The van der Waals surface area contributed by atoms with E-state index in [0.717, 1.165) is 37.2 Å². The van der Waals surface area contributed by atoms with Crippen molar-refractivity contribution >= 4 is 29.1 Å². The van der Waals surface area contributed by atoms with Crippen molar-refractivity contribution in [2.45, 2.75) is 32.6 Å². The van der Waals surface area contributed by atoms with Crippen molar-refractivity contribution in [2.75, 3.05) is 25.0 Å². The Labute approximate surface area is 170 Å². The van der Waals surface area contributed by atoms with Crippen molar-refractivity contribution in [2.24, 2.45) is 0 Å². The van der Waals surface area contributed by atoms with Gasteiger partial charge in [0, 0.05) is 35.8 Å². The van der Waals surface area contributed by atoms with Crippen LogP contribution >= 0.6 is 11.6 Å². The maximum absolute atomic E-state index is 12.7. The van der Waals surface area contributed by atoms with Gasteiger partial charge in [-0.25, -0.2) is 0 Å². The number of carbonyl (C=O) groups excluding carboxylic acids is 2. The highest BCUT2D eigenvalue weighted by atomic mass is 35.5. The molecule has 1 aliphatic heterocycles. The summed E-state index contributed by atoms with van der Waals surface area (Å²) in [5.74, 6) is 0.685. The van der Waals surface area contributed by atoms with E-state index in [-0.39, 0.29) is 11.8 Å². The number of nitrogens with zero attached hydrogens (tertiary/aromatic N) is 1. The molecule has 3 rings (SSSR count). The summed E-state index contributed by atoms with van der Waals surface area (Å²) in [4.78, 5) is 26.8. The van der Waals surface area contributed by atoms with E-state index in [2.05, 4.69) is 5.32 Å². The summed E-state index contributed by atoms with van der Waals surface area (Å²) < 4.78 is 5.60. The average molecular weight is 401 g/mol. The Bertz CT molecular complexity index is 830. The molecule has 1 heterocycles. The first-order valence-corrected chi connectivity index (χ1v) is 9.99. The number of hydrogen-bond donors (Lipinski definition) is 1. The Morgan fingerprint density at radius 2 is 1.82 bits per heavy atom. The minimum absolute atomic E-state index is 0.0439. The van der Waals surface area contributed by atoms with E-state index in [1.807, 2.05) is 30.0 Å². The van der Waals surface area contributed by atoms with E-state index in [1.165, 1.54) is 0 Å². The van der Waals surface area contributed by atoms with Crippen LogP contribution in [0, 0.1) is 6.92 Å². The van der Waals surface area contributed by atoms with Crippen molar-refractivity contribution in [1.82, 2.24) is 4.90 Å². The zero-order chi connectivity index (χ0) is 19.9. The summed E-state index contributed by atoms with van der Waals surface area (Å²) >= 11 is 5.84. The summed E-state index contributed by atoms with van der Waals surface area (Å²) in [6.45, 7) is 3.94. The highest BCUT2D eigenvalue weighted by molar-refractivity contribution is 6.30. The monoisotopic (exact) mass is 400 g/mol. The molecule has 0 saturated carbocycles. The van der Waals surface area contributed by atoms with Crippen LogP contribution in [0.25, 0.3) is 0 Å². The van der Waals surface area contributed by atoms with E-state index in [0.29, 0.717) is 35.7 Å². The molecule has 0 atom stereocenters. The van der Waals surface area contributed by atoms with Crippen molar-refractivity contribution in [1.29, 1.82) is 0 Å². The van der Waals surface area contributed by atoms with E-state index in [4.69, 9.17) is 16.3 Å². The van der Waals surface area contributed by atoms with E-state index < -0.39 is 0 Å². The molecule has 0 aliphatic carbocycles. The number of halogens is 1. The van der Waals surface area contributed by atoms with E-state index in [9.17, 15) is 9.59 Å². The largest absolute Gasteiger partial charge is 0.494 e. The lowest BCUT2D eigenvalue weighted by Crippen LogP contribution is -2.28. The number of anilines is 1. The third kappa shape index (κ3) is 5.26. The van der Waals surface area contributed by atoms with Crippen molar-refractivity contribution in [3.8, 4) is 5.75 Å². The molecule has 1 fully saturated rings. The van der Waals surface area contributed by atoms with Crippen LogP contribution in [-0.2, 0) is 4.79 Å². The molecule has 28 heavy (non-hydrogen) atoms. The maximum atomic E-state index is 12.7. The van der Waals surface area contributed by atoms with Gasteiger partial charge in [0.15, 0.2) is 0 Å². The topological polar surface area (TPSA) is 58.6 Å². The predicted molar refractivity (Wildman–Crippen MR) is 111 cm³/mol. The van der Waals surface area contributed by atoms with Crippen LogP contribution in [0.3, 0.4) is 0 Å². The van der Waals surface area contributed by atoms with Gasteiger partial charge in [0.25, 0.3) is 5.91 Å². The normalized spacial score (nSPS) is 13.4. The van der Waals surface area contributed by atoms with Crippen LogP contribution < -0.4 is 10.1 Å². The number of nitrogens with one attached hydrogen (secondary N) is 1. The summed E-state index contributed by atoms with van der Waals surface area (Å²) in [5.41, 5.74) is 2.16. The average Bonchev–Trinajstić information content (AvgIpc) is 3.23. The number of hydrogen-bond acceptors (Lipinski definition) is 3. The smallest absolute Gasteiger partial charge is 0.254 e. The molecule has 2 amide bonds. The number of rotatable bonds is 7. The summed E-state index contributed by atoms with van der Waals surface area (Å²) in [7, 11) is 0. The number of amides is 2. The zero-order valence-electron chi connectivity index (χ0n) is 16.0. The number of ether oxygens (including phenoxy) is 1. The van der Waals surface area contributed by atoms with Crippen LogP contribution in [-0.4, -0.2) is 36.4 Å². The van der Waals surface area contributed by atoms with E-state index >= 15 is 0 Å². The SMILES string of the molecule is Cc1c(NC(=O)CCCOc2ccc(Cl)cc2)cccc1C(=O)N1CCCC1. The second-order valence-corrected chi connectivity index (χ2v) is 7.37. The van der Waals surface area contributed by atoms with Crippen LogP contribution in [0.4, 0.5) is 5.69 Å². The molecule has 6 heteroatoms. The first kappa shape index (κ1) is 20.2. The van der Waals surface area contributed by atoms with Crippen molar-refractivity contribution < 1.29 is 14.3 Å². The third-order valence-electron chi connectivity index (χ3n) is 4.86. The molecule has 1 aliphatic rings. The Balaban J connectivity index is 1.50. The Morgan fingerprint density at radius 1 is 1.11 bits per heavy atom. The van der Waals surface area contributed by atoms with Gasteiger partial charge in [-0.3, -0.25) is 9.59 Å². The van der Waals surface area contributed by atoms with E-state index in [1.54, 1.807) is 24.3 Å². The molecule has 148 valence electrons. The molecule has 1 saturated heterocycles. The van der Waals surface area contributed by atoms with Gasteiger partial charge in [-0.2, -0.15) is 0 Å². The van der Waals surface area contributed by atoms with Gasteiger partial charge in [0.05, 0.1) is 6.61 Å². The molecule has 2 aromatic carbocycles. The van der Waals surface area contributed by atoms with Crippen LogP contribution in [0.2, 0.25) is 5.02 Å². The standard InChI is InChI=1S/C22H25ClN2O3/c1-16-19(22(27)25-13-2-3-14-25)6-4-7-20(16)24-21(26)8-5-15-28-18-11-9-17(23)10-12-18/h4,6-7,9-12H,2-3,5,8,13-15H2,1H3,(H,24,26). The van der Waals surface area contributed by atoms with Crippen molar-refractivity contribution in [3.63, 3.8) is 0 Å². The lowest BCUT2D eigenvalue weighted by Gasteiger charge is -2.18. The Morgan fingerprint density at radius 3 is 2.54 bits per heavy atom.